The highest BCUT2D eigenvalue weighted by molar-refractivity contribution is 5.95. The molecule has 0 unspecified atom stereocenters. The maximum absolute atomic E-state index is 12.1. The predicted molar refractivity (Wildman–Crippen MR) is 98.1 cm³/mol. The Kier molecular flexibility index (Phi) is 5.31. The second kappa shape index (κ2) is 7.82. The summed E-state index contributed by atoms with van der Waals surface area (Å²) in [4.78, 5) is 35.0. The minimum absolute atomic E-state index is 0.0406. The number of aryl methyl sites for hydroxylation is 1. The lowest BCUT2D eigenvalue weighted by molar-refractivity contribution is -0.117. The molecule has 0 spiro atoms. The molecule has 6 nitrogen and oxygen atoms in total. The lowest BCUT2D eigenvalue weighted by Crippen LogP contribution is -2.14. The van der Waals surface area contributed by atoms with Crippen molar-refractivity contribution in [2.75, 3.05) is 10.6 Å². The molecule has 0 bridgehead atoms. The third kappa shape index (κ3) is 4.69. The summed E-state index contributed by atoms with van der Waals surface area (Å²) < 4.78 is 0. The minimum atomic E-state index is -0.996. The van der Waals surface area contributed by atoms with Gasteiger partial charge in [-0.05, 0) is 55.2 Å². The number of carbonyl (C=O) groups is 3. The summed E-state index contributed by atoms with van der Waals surface area (Å²) in [7, 11) is 0. The zero-order valence-electron chi connectivity index (χ0n) is 14.2. The van der Waals surface area contributed by atoms with Crippen LogP contribution in [0.1, 0.15) is 35.2 Å². The molecule has 1 aliphatic carbocycles. The number of carboxylic acids is 1. The molecule has 134 valence electrons. The van der Waals surface area contributed by atoms with Crippen LogP contribution in [0.3, 0.4) is 0 Å². The highest BCUT2D eigenvalue weighted by atomic mass is 16.4. The Morgan fingerprint density at radius 2 is 1.54 bits per heavy atom. The highest BCUT2D eigenvalue weighted by Gasteiger charge is 2.29. The lowest BCUT2D eigenvalue weighted by atomic mass is 10.0. The van der Waals surface area contributed by atoms with E-state index in [0.717, 1.165) is 12.8 Å². The van der Waals surface area contributed by atoms with Crippen molar-refractivity contribution in [3.63, 3.8) is 0 Å². The van der Waals surface area contributed by atoms with Gasteiger partial charge in [-0.15, -0.1) is 0 Å². The molecule has 0 heterocycles. The molecule has 1 saturated carbocycles. The molecule has 26 heavy (non-hydrogen) atoms. The number of carbonyl (C=O) groups excluding carboxylic acids is 2. The number of nitrogens with one attached hydrogen (secondary N) is 2. The second-order valence-electron chi connectivity index (χ2n) is 6.35. The molecule has 0 aromatic heterocycles. The van der Waals surface area contributed by atoms with Gasteiger partial charge in [-0.1, -0.05) is 18.2 Å². The first kappa shape index (κ1) is 17.7. The third-order valence-corrected chi connectivity index (χ3v) is 4.25. The van der Waals surface area contributed by atoms with Crippen LogP contribution in [0, 0.1) is 5.92 Å². The summed E-state index contributed by atoms with van der Waals surface area (Å²) in [5, 5.41) is 14.8. The van der Waals surface area contributed by atoms with Crippen LogP contribution in [-0.2, 0) is 16.0 Å². The number of carboxylic acid groups (broad SMARTS) is 1. The van der Waals surface area contributed by atoms with E-state index >= 15 is 0 Å². The average molecular weight is 352 g/mol. The first-order valence-electron chi connectivity index (χ1n) is 8.55. The van der Waals surface area contributed by atoms with E-state index in [9.17, 15) is 14.4 Å². The largest absolute Gasteiger partial charge is 0.478 e. The van der Waals surface area contributed by atoms with E-state index < -0.39 is 5.97 Å². The summed E-state index contributed by atoms with van der Waals surface area (Å²) in [5.41, 5.74) is 2.19. The Hall–Kier alpha value is -3.15. The highest BCUT2D eigenvalue weighted by Crippen LogP contribution is 2.30. The van der Waals surface area contributed by atoms with Crippen molar-refractivity contribution in [2.24, 2.45) is 5.92 Å². The van der Waals surface area contributed by atoms with Crippen LogP contribution in [0.4, 0.5) is 11.4 Å². The van der Waals surface area contributed by atoms with Crippen molar-refractivity contribution < 1.29 is 19.5 Å². The Balaban J connectivity index is 1.52. The zero-order chi connectivity index (χ0) is 18.5. The van der Waals surface area contributed by atoms with E-state index in [0.29, 0.717) is 23.4 Å². The average Bonchev–Trinajstić information content (AvgIpc) is 3.47. The summed E-state index contributed by atoms with van der Waals surface area (Å²) in [6, 6.07) is 13.6. The van der Waals surface area contributed by atoms with Crippen molar-refractivity contribution in [3.8, 4) is 0 Å². The van der Waals surface area contributed by atoms with Crippen LogP contribution in [-0.4, -0.2) is 22.9 Å². The van der Waals surface area contributed by atoms with Gasteiger partial charge in [-0.25, -0.2) is 4.79 Å². The zero-order valence-corrected chi connectivity index (χ0v) is 14.2. The Labute approximate surface area is 151 Å². The van der Waals surface area contributed by atoms with E-state index in [-0.39, 0.29) is 29.7 Å². The smallest absolute Gasteiger partial charge is 0.335 e. The molecule has 0 radical (unpaired) electrons. The van der Waals surface area contributed by atoms with Crippen molar-refractivity contribution in [2.45, 2.75) is 25.7 Å². The number of rotatable bonds is 7. The van der Waals surface area contributed by atoms with Gasteiger partial charge in [0.2, 0.25) is 11.8 Å². The van der Waals surface area contributed by atoms with Crippen LogP contribution in [0.5, 0.6) is 0 Å². The van der Waals surface area contributed by atoms with Gasteiger partial charge in [-0.2, -0.15) is 0 Å². The number of benzene rings is 2. The lowest BCUT2D eigenvalue weighted by Gasteiger charge is -2.09. The first-order valence-corrected chi connectivity index (χ1v) is 8.55. The molecule has 2 aromatic carbocycles. The fourth-order valence-corrected chi connectivity index (χ4v) is 2.65. The van der Waals surface area contributed by atoms with Gasteiger partial charge in [0.1, 0.15) is 0 Å². The molecule has 0 aliphatic heterocycles. The molecular formula is C20H20N2O4. The van der Waals surface area contributed by atoms with Crippen LogP contribution in [0.2, 0.25) is 0 Å². The number of hydrogen-bond acceptors (Lipinski definition) is 3. The number of aromatic carboxylic acids is 1. The molecule has 3 N–H and O–H groups in total. The SMILES string of the molecule is O=C(CCc1ccccc1C(=O)O)Nc1ccc(NC(=O)C2CC2)cc1. The van der Waals surface area contributed by atoms with Crippen LogP contribution in [0.25, 0.3) is 0 Å². The molecule has 1 fully saturated rings. The Morgan fingerprint density at radius 1 is 0.923 bits per heavy atom. The van der Waals surface area contributed by atoms with Crippen molar-refractivity contribution in [3.05, 3.63) is 59.7 Å². The van der Waals surface area contributed by atoms with Gasteiger partial charge in [0, 0.05) is 23.7 Å². The van der Waals surface area contributed by atoms with Crippen LogP contribution in [0.15, 0.2) is 48.5 Å². The maximum atomic E-state index is 12.1. The first-order chi connectivity index (χ1) is 12.5. The van der Waals surface area contributed by atoms with E-state index in [4.69, 9.17) is 5.11 Å². The monoisotopic (exact) mass is 352 g/mol. The fraction of sp³-hybridized carbons (Fsp3) is 0.250. The van der Waals surface area contributed by atoms with E-state index in [1.165, 1.54) is 6.07 Å². The molecule has 3 rings (SSSR count). The Morgan fingerprint density at radius 3 is 2.15 bits per heavy atom. The van der Waals surface area contributed by atoms with Crippen molar-refractivity contribution in [1.82, 2.24) is 0 Å². The molecule has 2 amide bonds. The fourth-order valence-electron chi connectivity index (χ4n) is 2.65. The molecular weight excluding hydrogens is 332 g/mol. The molecule has 0 saturated heterocycles. The van der Waals surface area contributed by atoms with Crippen molar-refractivity contribution in [1.29, 1.82) is 0 Å². The van der Waals surface area contributed by atoms with Gasteiger partial charge >= 0.3 is 5.97 Å². The molecule has 0 atom stereocenters. The van der Waals surface area contributed by atoms with E-state index in [1.807, 2.05) is 0 Å². The number of amides is 2. The van der Waals surface area contributed by atoms with Crippen molar-refractivity contribution >= 4 is 29.2 Å². The summed E-state index contributed by atoms with van der Waals surface area (Å²) in [6.07, 6.45) is 2.43. The Bertz CT molecular complexity index is 826. The summed E-state index contributed by atoms with van der Waals surface area (Å²) in [5.74, 6) is -1.01. The molecule has 1 aliphatic rings. The van der Waals surface area contributed by atoms with Gasteiger partial charge in [0.25, 0.3) is 0 Å². The summed E-state index contributed by atoms with van der Waals surface area (Å²) >= 11 is 0. The second-order valence-corrected chi connectivity index (χ2v) is 6.35. The van der Waals surface area contributed by atoms with Gasteiger partial charge < -0.3 is 15.7 Å². The molecule has 2 aromatic rings. The minimum Gasteiger partial charge on any atom is -0.478 e. The van der Waals surface area contributed by atoms with E-state index in [2.05, 4.69) is 10.6 Å². The normalized spacial score (nSPS) is 13.1. The predicted octanol–water partition coefficient (Wildman–Crippen LogP) is 3.30. The van der Waals surface area contributed by atoms with Gasteiger partial charge in [0.15, 0.2) is 0 Å². The van der Waals surface area contributed by atoms with Crippen LogP contribution < -0.4 is 10.6 Å². The number of anilines is 2. The van der Waals surface area contributed by atoms with Gasteiger partial charge in [0.05, 0.1) is 5.56 Å². The molecule has 6 heteroatoms. The van der Waals surface area contributed by atoms with Crippen LogP contribution >= 0.6 is 0 Å². The third-order valence-electron chi connectivity index (χ3n) is 4.25. The number of hydrogen-bond donors (Lipinski definition) is 3. The van der Waals surface area contributed by atoms with E-state index in [1.54, 1.807) is 42.5 Å². The quantitative estimate of drug-likeness (QED) is 0.712. The standard InChI is InChI=1S/C20H20N2O4/c23-18(12-7-13-3-1-2-4-17(13)20(25)26)21-15-8-10-16(11-9-15)22-19(24)14-5-6-14/h1-4,8-11,14H,5-7,12H2,(H,21,23)(H,22,24)(H,25,26). The summed E-state index contributed by atoms with van der Waals surface area (Å²) in [6.45, 7) is 0. The maximum Gasteiger partial charge on any atom is 0.335 e. The van der Waals surface area contributed by atoms with Gasteiger partial charge in [-0.3, -0.25) is 9.59 Å². The topological polar surface area (TPSA) is 95.5 Å².